The zero-order valence-electron chi connectivity index (χ0n) is 8.97. The van der Waals surface area contributed by atoms with Crippen molar-refractivity contribution in [2.24, 2.45) is 0 Å². The quantitative estimate of drug-likeness (QED) is 0.829. The molecule has 0 aliphatic heterocycles. The van der Waals surface area contributed by atoms with Crippen molar-refractivity contribution in [3.63, 3.8) is 0 Å². The van der Waals surface area contributed by atoms with E-state index in [9.17, 15) is 0 Å². The molecule has 1 heterocycles. The molecular weight excluding hydrogens is 222 g/mol. The molecule has 1 aromatic heterocycles. The molecule has 0 bridgehead atoms. The van der Waals surface area contributed by atoms with Crippen LogP contribution < -0.4 is 15.2 Å². The number of thiophene rings is 1. The average molecular weight is 235 g/mol. The molecule has 0 unspecified atom stereocenters. The lowest BCUT2D eigenvalue weighted by molar-refractivity contribution is 0.285. The van der Waals surface area contributed by atoms with Crippen molar-refractivity contribution in [2.75, 3.05) is 12.8 Å². The molecule has 0 aliphatic rings. The zero-order chi connectivity index (χ0) is 11.4. The number of hydrogen-bond donors (Lipinski definition) is 1. The third-order valence-electron chi connectivity index (χ3n) is 2.16. The fraction of sp³-hybridized carbons (Fsp3) is 0.167. The fourth-order valence-electron chi connectivity index (χ4n) is 1.34. The SMILES string of the molecule is COc1ccc(N)cc1OCc1ccsc1. The van der Waals surface area contributed by atoms with Crippen LogP contribution in [0.25, 0.3) is 0 Å². The van der Waals surface area contributed by atoms with Gasteiger partial charge in [-0.15, -0.1) is 0 Å². The molecule has 84 valence electrons. The van der Waals surface area contributed by atoms with Gasteiger partial charge in [0.15, 0.2) is 11.5 Å². The van der Waals surface area contributed by atoms with E-state index in [0.29, 0.717) is 23.8 Å². The second-order valence-electron chi connectivity index (χ2n) is 3.33. The first kappa shape index (κ1) is 10.8. The van der Waals surface area contributed by atoms with Crippen molar-refractivity contribution in [2.45, 2.75) is 6.61 Å². The Morgan fingerprint density at radius 3 is 2.81 bits per heavy atom. The zero-order valence-corrected chi connectivity index (χ0v) is 9.79. The molecule has 3 nitrogen and oxygen atoms in total. The average Bonchev–Trinajstić information content (AvgIpc) is 2.79. The van der Waals surface area contributed by atoms with Crippen LogP contribution in [0.5, 0.6) is 11.5 Å². The predicted molar refractivity (Wildman–Crippen MR) is 66.1 cm³/mol. The van der Waals surface area contributed by atoms with E-state index < -0.39 is 0 Å². The maximum Gasteiger partial charge on any atom is 0.163 e. The standard InChI is InChI=1S/C12H13NO2S/c1-14-11-3-2-10(13)6-12(11)15-7-9-4-5-16-8-9/h2-6,8H,7,13H2,1H3. The highest BCUT2D eigenvalue weighted by Crippen LogP contribution is 2.29. The van der Waals surface area contributed by atoms with Crippen LogP contribution in [0.1, 0.15) is 5.56 Å². The summed E-state index contributed by atoms with van der Waals surface area (Å²) in [7, 11) is 1.61. The highest BCUT2D eigenvalue weighted by molar-refractivity contribution is 7.07. The minimum Gasteiger partial charge on any atom is -0.493 e. The van der Waals surface area contributed by atoms with Gasteiger partial charge in [0.25, 0.3) is 0 Å². The molecule has 16 heavy (non-hydrogen) atoms. The molecule has 4 heteroatoms. The number of methoxy groups -OCH3 is 1. The van der Waals surface area contributed by atoms with Gasteiger partial charge in [0.2, 0.25) is 0 Å². The summed E-state index contributed by atoms with van der Waals surface area (Å²) in [4.78, 5) is 0. The van der Waals surface area contributed by atoms with Crippen molar-refractivity contribution >= 4 is 17.0 Å². The van der Waals surface area contributed by atoms with E-state index >= 15 is 0 Å². The normalized spacial score (nSPS) is 10.1. The topological polar surface area (TPSA) is 44.5 Å². The van der Waals surface area contributed by atoms with Crippen LogP contribution in [0, 0.1) is 0 Å². The summed E-state index contributed by atoms with van der Waals surface area (Å²) >= 11 is 1.65. The summed E-state index contributed by atoms with van der Waals surface area (Å²) in [5.41, 5.74) is 7.51. The largest absolute Gasteiger partial charge is 0.493 e. The Labute approximate surface area is 98.4 Å². The molecule has 0 aliphatic carbocycles. The van der Waals surface area contributed by atoms with Gasteiger partial charge in [-0.05, 0) is 34.5 Å². The van der Waals surface area contributed by atoms with Crippen LogP contribution in [0.3, 0.4) is 0 Å². The molecule has 0 fully saturated rings. The van der Waals surface area contributed by atoms with Crippen LogP contribution in [-0.4, -0.2) is 7.11 Å². The Morgan fingerprint density at radius 2 is 2.12 bits per heavy atom. The van der Waals surface area contributed by atoms with Gasteiger partial charge in [0, 0.05) is 11.8 Å². The van der Waals surface area contributed by atoms with Crippen molar-refractivity contribution < 1.29 is 9.47 Å². The van der Waals surface area contributed by atoms with E-state index in [-0.39, 0.29) is 0 Å². The number of nitrogen functional groups attached to an aromatic ring is 1. The molecule has 0 amide bonds. The van der Waals surface area contributed by atoms with E-state index in [4.69, 9.17) is 15.2 Å². The number of rotatable bonds is 4. The van der Waals surface area contributed by atoms with E-state index in [1.807, 2.05) is 11.4 Å². The molecule has 0 saturated carbocycles. The Bertz CT molecular complexity index is 454. The second-order valence-corrected chi connectivity index (χ2v) is 4.11. The monoisotopic (exact) mass is 235 g/mol. The van der Waals surface area contributed by atoms with Gasteiger partial charge in [-0.1, -0.05) is 0 Å². The molecule has 0 saturated heterocycles. The van der Waals surface area contributed by atoms with Crippen LogP contribution in [-0.2, 0) is 6.61 Å². The summed E-state index contributed by atoms with van der Waals surface area (Å²) in [6.45, 7) is 0.531. The fourth-order valence-corrected chi connectivity index (χ4v) is 2.00. The lowest BCUT2D eigenvalue weighted by atomic mass is 10.3. The summed E-state index contributed by atoms with van der Waals surface area (Å²) in [6.07, 6.45) is 0. The molecule has 1 aromatic carbocycles. The van der Waals surface area contributed by atoms with Gasteiger partial charge in [-0.2, -0.15) is 11.3 Å². The maximum absolute atomic E-state index is 5.70. The first-order valence-corrected chi connectivity index (χ1v) is 5.81. The number of anilines is 1. The van der Waals surface area contributed by atoms with Crippen LogP contribution in [0.2, 0.25) is 0 Å². The van der Waals surface area contributed by atoms with Crippen LogP contribution in [0.15, 0.2) is 35.0 Å². The van der Waals surface area contributed by atoms with E-state index in [1.165, 1.54) is 0 Å². The van der Waals surface area contributed by atoms with Gasteiger partial charge >= 0.3 is 0 Å². The molecule has 0 radical (unpaired) electrons. The van der Waals surface area contributed by atoms with Gasteiger partial charge < -0.3 is 15.2 Å². The molecule has 0 atom stereocenters. The number of nitrogens with two attached hydrogens (primary N) is 1. The lowest BCUT2D eigenvalue weighted by Gasteiger charge is -2.10. The summed E-state index contributed by atoms with van der Waals surface area (Å²) < 4.78 is 10.8. The molecule has 2 rings (SSSR count). The van der Waals surface area contributed by atoms with E-state index in [2.05, 4.69) is 5.38 Å². The Hall–Kier alpha value is -1.68. The predicted octanol–water partition coefficient (Wildman–Crippen LogP) is 2.92. The van der Waals surface area contributed by atoms with Gasteiger partial charge in [0.1, 0.15) is 6.61 Å². The number of benzene rings is 1. The maximum atomic E-state index is 5.70. The van der Waals surface area contributed by atoms with E-state index in [0.717, 1.165) is 5.56 Å². The number of hydrogen-bond acceptors (Lipinski definition) is 4. The Morgan fingerprint density at radius 1 is 1.25 bits per heavy atom. The highest BCUT2D eigenvalue weighted by atomic mass is 32.1. The second kappa shape index (κ2) is 4.90. The van der Waals surface area contributed by atoms with Crippen molar-refractivity contribution in [1.29, 1.82) is 0 Å². The summed E-state index contributed by atoms with van der Waals surface area (Å²) in [5, 5.41) is 4.08. The Kier molecular flexibility index (Phi) is 3.31. The first-order chi connectivity index (χ1) is 7.79. The van der Waals surface area contributed by atoms with Crippen molar-refractivity contribution in [3.05, 3.63) is 40.6 Å². The Balaban J connectivity index is 2.11. The van der Waals surface area contributed by atoms with Gasteiger partial charge in [-0.3, -0.25) is 0 Å². The number of ether oxygens (including phenoxy) is 2. The lowest BCUT2D eigenvalue weighted by Crippen LogP contribution is -1.97. The van der Waals surface area contributed by atoms with Gasteiger partial charge in [-0.25, -0.2) is 0 Å². The molecule has 2 N–H and O–H groups in total. The van der Waals surface area contributed by atoms with Crippen LogP contribution >= 0.6 is 11.3 Å². The minimum absolute atomic E-state index is 0.531. The third-order valence-corrected chi connectivity index (χ3v) is 2.89. The highest BCUT2D eigenvalue weighted by Gasteiger charge is 2.04. The smallest absolute Gasteiger partial charge is 0.163 e. The first-order valence-electron chi connectivity index (χ1n) is 4.87. The third kappa shape index (κ3) is 2.46. The molecule has 2 aromatic rings. The van der Waals surface area contributed by atoms with Crippen molar-refractivity contribution in [3.8, 4) is 11.5 Å². The van der Waals surface area contributed by atoms with Crippen LogP contribution in [0.4, 0.5) is 5.69 Å². The summed E-state index contributed by atoms with van der Waals surface area (Å²) in [6, 6.07) is 7.39. The van der Waals surface area contributed by atoms with E-state index in [1.54, 1.807) is 36.6 Å². The molecule has 0 spiro atoms. The summed E-state index contributed by atoms with van der Waals surface area (Å²) in [5.74, 6) is 1.37. The minimum atomic E-state index is 0.531. The van der Waals surface area contributed by atoms with Gasteiger partial charge in [0.05, 0.1) is 7.11 Å². The molecular formula is C12H13NO2S. The van der Waals surface area contributed by atoms with Crippen molar-refractivity contribution in [1.82, 2.24) is 0 Å².